The van der Waals surface area contributed by atoms with Crippen LogP contribution in [0.5, 0.6) is 0 Å². The summed E-state index contributed by atoms with van der Waals surface area (Å²) in [4.78, 5) is 15.0. The van der Waals surface area contributed by atoms with E-state index in [2.05, 4.69) is 21.7 Å². The normalized spacial score (nSPS) is 20.3. The predicted molar refractivity (Wildman–Crippen MR) is 108 cm³/mol. The van der Waals surface area contributed by atoms with E-state index in [1.807, 2.05) is 6.07 Å². The number of rotatable bonds is 4. The molecule has 0 atom stereocenters. The van der Waals surface area contributed by atoms with Gasteiger partial charge in [0.25, 0.3) is 5.56 Å². The molecule has 0 spiro atoms. The Morgan fingerprint density at radius 2 is 1.79 bits per heavy atom. The molecule has 3 aliphatic rings. The maximum atomic E-state index is 12.4. The van der Waals surface area contributed by atoms with Gasteiger partial charge in [-0.2, -0.15) is 10.2 Å². The van der Waals surface area contributed by atoms with Gasteiger partial charge in [0.05, 0.1) is 17.1 Å². The second-order valence-electron chi connectivity index (χ2n) is 8.91. The minimum absolute atomic E-state index is 0.0876. The van der Waals surface area contributed by atoms with Crippen LogP contribution in [0, 0.1) is 5.92 Å². The molecule has 1 aliphatic heterocycles. The molecule has 0 unspecified atom stereocenters. The average Bonchev–Trinajstić information content (AvgIpc) is 3.27. The summed E-state index contributed by atoms with van der Waals surface area (Å²) >= 11 is 0. The van der Waals surface area contributed by atoms with Crippen LogP contribution in [0.3, 0.4) is 0 Å². The lowest BCUT2D eigenvalue weighted by molar-refractivity contribution is 0.160. The number of aromatic nitrogens is 4. The minimum Gasteiger partial charge on any atom is -0.297 e. The van der Waals surface area contributed by atoms with Gasteiger partial charge in [-0.1, -0.05) is 0 Å². The summed E-state index contributed by atoms with van der Waals surface area (Å²) in [6.45, 7) is 4.00. The smallest absolute Gasteiger partial charge is 0.267 e. The second kappa shape index (κ2) is 7.47. The Kier molecular flexibility index (Phi) is 4.83. The number of piperidine rings is 1. The lowest BCUT2D eigenvalue weighted by Crippen LogP contribution is -2.37. The Hall–Kier alpha value is -1.95. The summed E-state index contributed by atoms with van der Waals surface area (Å²) < 4.78 is 3.86. The van der Waals surface area contributed by atoms with Crippen LogP contribution in [-0.2, 0) is 45.8 Å². The average molecular weight is 382 g/mol. The van der Waals surface area contributed by atoms with Crippen LogP contribution in [0.4, 0.5) is 0 Å². The van der Waals surface area contributed by atoms with E-state index in [9.17, 15) is 4.79 Å². The Morgan fingerprint density at radius 3 is 2.64 bits per heavy atom. The molecule has 2 aromatic heterocycles. The summed E-state index contributed by atoms with van der Waals surface area (Å²) in [5.41, 5.74) is 6.69. The third-order valence-corrected chi connectivity index (χ3v) is 6.98. The zero-order chi connectivity index (χ0) is 19.1. The van der Waals surface area contributed by atoms with Gasteiger partial charge >= 0.3 is 0 Å². The number of nitrogens with zero attached hydrogens (tertiary/aromatic N) is 5. The molecular weight excluding hydrogens is 350 g/mol. The molecule has 0 radical (unpaired) electrons. The maximum absolute atomic E-state index is 12.4. The Labute approximate surface area is 166 Å². The lowest BCUT2D eigenvalue weighted by Gasteiger charge is -2.32. The highest BCUT2D eigenvalue weighted by Crippen LogP contribution is 2.27. The first-order chi connectivity index (χ1) is 13.7. The fourth-order valence-electron chi connectivity index (χ4n) is 5.30. The van der Waals surface area contributed by atoms with E-state index in [0.29, 0.717) is 5.92 Å². The summed E-state index contributed by atoms with van der Waals surface area (Å²) in [6.07, 6.45) is 10.4. The number of hydrogen-bond donors (Lipinski definition) is 0. The third kappa shape index (κ3) is 3.43. The Bertz CT molecular complexity index is 920. The SMILES string of the molecule is Cn1nc2c(c1CN1CCC(Cn3nc4c(cc3=O)CCC4)CC1)CCCC2. The van der Waals surface area contributed by atoms with Gasteiger partial charge in [0.2, 0.25) is 0 Å². The first-order valence-electron chi connectivity index (χ1n) is 11.0. The lowest BCUT2D eigenvalue weighted by atomic mass is 9.94. The summed E-state index contributed by atoms with van der Waals surface area (Å²) in [5, 5.41) is 9.43. The van der Waals surface area contributed by atoms with Crippen LogP contribution in [-0.4, -0.2) is 37.6 Å². The fourth-order valence-corrected chi connectivity index (χ4v) is 5.30. The van der Waals surface area contributed by atoms with Crippen LogP contribution in [0.25, 0.3) is 0 Å². The van der Waals surface area contributed by atoms with Gasteiger partial charge in [-0.05, 0) is 87.9 Å². The number of hydrogen-bond acceptors (Lipinski definition) is 4. The van der Waals surface area contributed by atoms with Crippen molar-refractivity contribution in [2.75, 3.05) is 13.1 Å². The summed E-state index contributed by atoms with van der Waals surface area (Å²) in [5.74, 6) is 0.557. The van der Waals surface area contributed by atoms with Crippen LogP contribution in [0.2, 0.25) is 0 Å². The first kappa shape index (κ1) is 18.1. The van der Waals surface area contributed by atoms with Crippen molar-refractivity contribution < 1.29 is 0 Å². The molecule has 2 aromatic rings. The minimum atomic E-state index is 0.0876. The van der Waals surface area contributed by atoms with E-state index in [4.69, 9.17) is 5.10 Å². The molecule has 3 heterocycles. The molecule has 0 bridgehead atoms. The van der Waals surface area contributed by atoms with Crippen molar-refractivity contribution in [1.82, 2.24) is 24.5 Å². The van der Waals surface area contributed by atoms with Crippen LogP contribution in [0.15, 0.2) is 10.9 Å². The monoisotopic (exact) mass is 381 g/mol. The van der Waals surface area contributed by atoms with Crippen molar-refractivity contribution in [2.45, 2.75) is 70.9 Å². The zero-order valence-corrected chi connectivity index (χ0v) is 17.0. The largest absolute Gasteiger partial charge is 0.297 e. The Morgan fingerprint density at radius 1 is 1.00 bits per heavy atom. The van der Waals surface area contributed by atoms with Crippen LogP contribution < -0.4 is 5.56 Å². The van der Waals surface area contributed by atoms with Crippen LogP contribution in [0.1, 0.15) is 60.3 Å². The van der Waals surface area contributed by atoms with E-state index >= 15 is 0 Å². The standard InChI is InChI=1S/C22H31N5O/c1-25-21(18-6-2-3-7-20(18)23-25)15-26-11-9-16(10-12-26)14-27-22(28)13-17-5-4-8-19(17)24-27/h13,16H,2-12,14-15H2,1H3. The quantitative estimate of drug-likeness (QED) is 0.815. The zero-order valence-electron chi connectivity index (χ0n) is 17.0. The molecular formula is C22H31N5O. The molecule has 0 saturated carbocycles. The highest BCUT2D eigenvalue weighted by molar-refractivity contribution is 5.28. The third-order valence-electron chi connectivity index (χ3n) is 6.98. The van der Waals surface area contributed by atoms with E-state index in [-0.39, 0.29) is 5.56 Å². The van der Waals surface area contributed by atoms with Crippen LogP contribution >= 0.6 is 0 Å². The molecule has 0 aromatic carbocycles. The van der Waals surface area contributed by atoms with Crippen molar-refractivity contribution in [3.8, 4) is 0 Å². The molecule has 6 nitrogen and oxygen atoms in total. The van der Waals surface area contributed by atoms with Crippen molar-refractivity contribution >= 4 is 0 Å². The second-order valence-corrected chi connectivity index (χ2v) is 8.91. The molecule has 150 valence electrons. The van der Waals surface area contributed by atoms with Gasteiger partial charge in [0, 0.05) is 26.2 Å². The molecule has 1 fully saturated rings. The van der Waals surface area contributed by atoms with Gasteiger partial charge in [-0.3, -0.25) is 14.4 Å². The van der Waals surface area contributed by atoms with E-state index < -0.39 is 0 Å². The first-order valence-corrected chi connectivity index (χ1v) is 11.0. The predicted octanol–water partition coefficient (Wildman–Crippen LogP) is 2.26. The number of likely N-dealkylation sites (tertiary alicyclic amines) is 1. The van der Waals surface area contributed by atoms with Crippen molar-refractivity contribution in [3.63, 3.8) is 0 Å². The maximum Gasteiger partial charge on any atom is 0.267 e. The molecule has 2 aliphatic carbocycles. The molecule has 28 heavy (non-hydrogen) atoms. The van der Waals surface area contributed by atoms with Gasteiger partial charge in [-0.25, -0.2) is 4.68 Å². The molecule has 5 rings (SSSR count). The number of fused-ring (bicyclic) bond motifs is 2. The Balaban J connectivity index is 1.21. The van der Waals surface area contributed by atoms with Gasteiger partial charge in [0.15, 0.2) is 0 Å². The summed E-state index contributed by atoms with van der Waals surface area (Å²) in [6, 6.07) is 1.83. The highest BCUT2D eigenvalue weighted by Gasteiger charge is 2.25. The van der Waals surface area contributed by atoms with Gasteiger partial charge in [-0.15, -0.1) is 0 Å². The molecule has 0 amide bonds. The van der Waals surface area contributed by atoms with Gasteiger partial charge < -0.3 is 0 Å². The molecule has 1 saturated heterocycles. The number of aryl methyl sites for hydroxylation is 4. The summed E-state index contributed by atoms with van der Waals surface area (Å²) in [7, 11) is 2.10. The van der Waals surface area contributed by atoms with Gasteiger partial charge in [0.1, 0.15) is 0 Å². The van der Waals surface area contributed by atoms with Crippen molar-refractivity contribution in [2.24, 2.45) is 13.0 Å². The van der Waals surface area contributed by atoms with E-state index in [0.717, 1.165) is 70.4 Å². The van der Waals surface area contributed by atoms with Crippen molar-refractivity contribution in [3.05, 3.63) is 44.6 Å². The highest BCUT2D eigenvalue weighted by atomic mass is 16.1. The fraction of sp³-hybridized carbons (Fsp3) is 0.682. The molecule has 0 N–H and O–H groups in total. The molecule has 6 heteroatoms. The van der Waals surface area contributed by atoms with E-state index in [1.54, 1.807) is 4.68 Å². The van der Waals surface area contributed by atoms with Crippen molar-refractivity contribution in [1.29, 1.82) is 0 Å². The topological polar surface area (TPSA) is 56.0 Å². The van der Waals surface area contributed by atoms with E-state index in [1.165, 1.54) is 41.8 Å².